The van der Waals surface area contributed by atoms with Crippen LogP contribution in [0.5, 0.6) is 11.5 Å². The molecule has 0 amide bonds. The highest BCUT2D eigenvalue weighted by atomic mass is 79.9. The van der Waals surface area contributed by atoms with Gasteiger partial charge in [0.25, 0.3) is 0 Å². The van der Waals surface area contributed by atoms with E-state index in [0.29, 0.717) is 47.9 Å². The molecule has 0 spiro atoms. The smallest absolute Gasteiger partial charge is 0.341 e. The van der Waals surface area contributed by atoms with Crippen LogP contribution < -0.4 is 0 Å². The first-order valence-corrected chi connectivity index (χ1v) is 11.6. The van der Waals surface area contributed by atoms with E-state index in [-0.39, 0.29) is 22.6 Å². The highest BCUT2D eigenvalue weighted by Gasteiger charge is 2.53. The highest BCUT2D eigenvalue weighted by Crippen LogP contribution is 2.55. The van der Waals surface area contributed by atoms with Crippen LogP contribution in [-0.2, 0) is 10.3 Å². The van der Waals surface area contributed by atoms with Crippen molar-refractivity contribution in [2.75, 3.05) is 0 Å². The van der Waals surface area contributed by atoms with Crippen molar-refractivity contribution in [1.29, 1.82) is 0 Å². The SMILES string of the molecule is Cc1cc(O)c(C)c(Br)c1C1(c2c(C)cc(O)c(C)c2Br)OC(=O)c2c(C(=O)O)cccc21. The third kappa shape index (κ3) is 3.19. The van der Waals surface area contributed by atoms with Gasteiger partial charge in [0.05, 0.1) is 11.1 Å². The molecule has 6 nitrogen and oxygen atoms in total. The van der Waals surface area contributed by atoms with Crippen molar-refractivity contribution in [2.45, 2.75) is 33.3 Å². The van der Waals surface area contributed by atoms with Gasteiger partial charge in [-0.15, -0.1) is 0 Å². The zero-order chi connectivity index (χ0) is 24.4. The van der Waals surface area contributed by atoms with Gasteiger partial charge < -0.3 is 20.1 Å². The number of esters is 1. The van der Waals surface area contributed by atoms with Crippen molar-refractivity contribution >= 4 is 43.8 Å². The zero-order valence-electron chi connectivity index (χ0n) is 18.2. The number of aryl methyl sites for hydroxylation is 2. The van der Waals surface area contributed by atoms with Gasteiger partial charge in [0, 0.05) is 36.8 Å². The largest absolute Gasteiger partial charge is 0.508 e. The molecule has 1 aliphatic rings. The van der Waals surface area contributed by atoms with Crippen LogP contribution in [-0.4, -0.2) is 27.3 Å². The minimum absolute atomic E-state index is 0.0287. The molecule has 0 fully saturated rings. The highest BCUT2D eigenvalue weighted by molar-refractivity contribution is 9.11. The number of rotatable bonds is 3. The number of halogens is 2. The number of carboxylic acids is 1. The maximum Gasteiger partial charge on any atom is 0.341 e. The number of aromatic hydroxyl groups is 2. The number of carboxylic acid groups (broad SMARTS) is 1. The molecule has 33 heavy (non-hydrogen) atoms. The average molecular weight is 576 g/mol. The summed E-state index contributed by atoms with van der Waals surface area (Å²) in [7, 11) is 0. The Bertz CT molecular complexity index is 1310. The maximum atomic E-state index is 13.3. The molecule has 8 heteroatoms. The van der Waals surface area contributed by atoms with Crippen molar-refractivity contribution in [3.05, 3.63) is 89.3 Å². The fourth-order valence-electron chi connectivity index (χ4n) is 4.57. The van der Waals surface area contributed by atoms with E-state index in [1.165, 1.54) is 6.07 Å². The number of carbonyl (C=O) groups excluding carboxylic acids is 1. The number of carbonyl (C=O) groups is 2. The summed E-state index contributed by atoms with van der Waals surface area (Å²) in [5.41, 5.74) is 2.09. The summed E-state index contributed by atoms with van der Waals surface area (Å²) in [6.45, 7) is 7.02. The third-order valence-electron chi connectivity index (χ3n) is 6.19. The van der Waals surface area contributed by atoms with Gasteiger partial charge in [-0.2, -0.15) is 0 Å². The molecule has 4 rings (SSSR count). The summed E-state index contributed by atoms with van der Waals surface area (Å²) in [5.74, 6) is -1.87. The Kier molecular flexibility index (Phi) is 5.57. The van der Waals surface area contributed by atoms with Gasteiger partial charge in [-0.3, -0.25) is 0 Å². The fourth-order valence-corrected chi connectivity index (χ4v) is 6.16. The Morgan fingerprint density at radius 1 is 0.909 bits per heavy atom. The number of ether oxygens (including phenoxy) is 1. The van der Waals surface area contributed by atoms with Crippen molar-refractivity contribution in [3.8, 4) is 11.5 Å². The van der Waals surface area contributed by atoms with Crippen LogP contribution in [0.2, 0.25) is 0 Å². The zero-order valence-corrected chi connectivity index (χ0v) is 21.4. The van der Waals surface area contributed by atoms with Crippen LogP contribution in [0.1, 0.15) is 59.7 Å². The molecule has 3 aromatic carbocycles. The van der Waals surface area contributed by atoms with E-state index >= 15 is 0 Å². The van der Waals surface area contributed by atoms with Gasteiger partial charge in [0.2, 0.25) is 0 Å². The molecule has 0 aromatic heterocycles. The van der Waals surface area contributed by atoms with Gasteiger partial charge in [-0.05, 0) is 88.9 Å². The molecular formula is C25H20Br2O6. The lowest BCUT2D eigenvalue weighted by molar-refractivity contribution is 0.0241. The lowest BCUT2D eigenvalue weighted by atomic mass is 9.75. The molecule has 170 valence electrons. The first kappa shape index (κ1) is 23.3. The van der Waals surface area contributed by atoms with Gasteiger partial charge >= 0.3 is 11.9 Å². The number of benzene rings is 3. The predicted molar refractivity (Wildman–Crippen MR) is 129 cm³/mol. The van der Waals surface area contributed by atoms with Crippen molar-refractivity contribution in [2.24, 2.45) is 0 Å². The summed E-state index contributed by atoms with van der Waals surface area (Å²) in [6, 6.07) is 7.79. The molecule has 0 radical (unpaired) electrons. The number of fused-ring (bicyclic) bond motifs is 1. The van der Waals surface area contributed by atoms with E-state index in [4.69, 9.17) is 4.74 Å². The Labute approximate surface area is 207 Å². The van der Waals surface area contributed by atoms with E-state index in [9.17, 15) is 24.9 Å². The molecule has 0 aliphatic carbocycles. The number of cyclic esters (lactones) is 1. The van der Waals surface area contributed by atoms with Crippen LogP contribution in [0.25, 0.3) is 0 Å². The molecular weight excluding hydrogens is 556 g/mol. The van der Waals surface area contributed by atoms with Crippen LogP contribution in [0, 0.1) is 27.7 Å². The third-order valence-corrected chi connectivity index (χ3v) is 8.17. The molecule has 1 aliphatic heterocycles. The summed E-state index contributed by atoms with van der Waals surface area (Å²) < 4.78 is 7.22. The summed E-state index contributed by atoms with van der Waals surface area (Å²) in [6.07, 6.45) is 0. The number of aromatic carboxylic acids is 1. The summed E-state index contributed by atoms with van der Waals surface area (Å²) >= 11 is 7.19. The van der Waals surface area contributed by atoms with Crippen LogP contribution in [0.3, 0.4) is 0 Å². The van der Waals surface area contributed by atoms with E-state index in [0.717, 1.165) is 0 Å². The van der Waals surface area contributed by atoms with Crippen LogP contribution >= 0.6 is 31.9 Å². The lowest BCUT2D eigenvalue weighted by Crippen LogP contribution is -2.33. The Hall–Kier alpha value is -2.84. The second-order valence-corrected chi connectivity index (χ2v) is 9.74. The Balaban J connectivity index is 2.28. The van der Waals surface area contributed by atoms with Crippen LogP contribution in [0.15, 0.2) is 39.3 Å². The average Bonchev–Trinajstić information content (AvgIpc) is 3.03. The molecule has 0 saturated heterocycles. The Morgan fingerprint density at radius 2 is 1.39 bits per heavy atom. The number of phenolic OH excluding ortho intramolecular Hbond substituents is 2. The van der Waals surface area contributed by atoms with Crippen molar-refractivity contribution in [1.82, 2.24) is 0 Å². The van der Waals surface area contributed by atoms with Crippen molar-refractivity contribution in [3.63, 3.8) is 0 Å². The van der Waals surface area contributed by atoms with E-state index in [2.05, 4.69) is 31.9 Å². The second kappa shape index (κ2) is 7.88. The molecule has 1 heterocycles. The summed E-state index contributed by atoms with van der Waals surface area (Å²) in [5, 5.41) is 30.6. The van der Waals surface area contributed by atoms with Gasteiger partial charge in [-0.1, -0.05) is 12.1 Å². The van der Waals surface area contributed by atoms with Crippen LogP contribution in [0.4, 0.5) is 0 Å². The van der Waals surface area contributed by atoms with Gasteiger partial charge in [0.15, 0.2) is 5.60 Å². The molecule has 3 N–H and O–H groups in total. The first-order chi connectivity index (χ1) is 15.4. The normalized spacial score (nSPS) is 14.2. The molecule has 3 aromatic rings. The molecule has 0 saturated carbocycles. The quantitative estimate of drug-likeness (QED) is 0.330. The minimum atomic E-state index is -1.54. The van der Waals surface area contributed by atoms with Gasteiger partial charge in [0.1, 0.15) is 11.5 Å². The first-order valence-electron chi connectivity index (χ1n) is 10.0. The molecule has 0 unspecified atom stereocenters. The number of phenols is 2. The summed E-state index contributed by atoms with van der Waals surface area (Å²) in [4.78, 5) is 25.3. The minimum Gasteiger partial charge on any atom is -0.508 e. The molecule has 0 bridgehead atoms. The standard InChI is InChI=1S/C25H20Br2O6/c1-10-8-16(28)12(3)21(26)19(10)25(20-11(2)9-17(29)13(4)22(20)27)15-7-5-6-14(23(30)31)18(15)24(32)33-25/h5-9,28-29H,1-4H3,(H,30,31). The molecule has 0 atom stereocenters. The van der Waals surface area contributed by atoms with E-state index in [1.54, 1.807) is 52.0 Å². The fraction of sp³-hybridized carbons (Fsp3) is 0.200. The monoisotopic (exact) mass is 574 g/mol. The van der Waals surface area contributed by atoms with Crippen molar-refractivity contribution < 1.29 is 29.6 Å². The second-order valence-electron chi connectivity index (χ2n) is 8.16. The predicted octanol–water partition coefficient (Wildman–Crippen LogP) is 6.02. The number of hydrogen-bond acceptors (Lipinski definition) is 5. The van der Waals surface area contributed by atoms with E-state index in [1.807, 2.05) is 0 Å². The lowest BCUT2D eigenvalue weighted by Gasteiger charge is -2.35. The van der Waals surface area contributed by atoms with Gasteiger partial charge in [-0.25, -0.2) is 9.59 Å². The maximum absolute atomic E-state index is 13.3. The Morgan fingerprint density at radius 3 is 1.85 bits per heavy atom. The topological polar surface area (TPSA) is 104 Å². The van der Waals surface area contributed by atoms with E-state index < -0.39 is 17.5 Å². The number of hydrogen-bond donors (Lipinski definition) is 3.